The molecule has 3 N–H and O–H groups in total. The van der Waals surface area contributed by atoms with Crippen LogP contribution in [0.25, 0.3) is 0 Å². The van der Waals surface area contributed by atoms with E-state index >= 15 is 0 Å². The second-order valence-corrected chi connectivity index (χ2v) is 4.99. The Morgan fingerprint density at radius 2 is 1.61 bits per heavy atom. The molecule has 0 unspecified atom stereocenters. The van der Waals surface area contributed by atoms with Crippen LogP contribution in [0.3, 0.4) is 0 Å². The number of carbonyl (C=O) groups excluding carboxylic acids is 2. The maximum atomic E-state index is 13.0. The Labute approximate surface area is 133 Å². The molecule has 5 nitrogen and oxygen atoms in total. The van der Waals surface area contributed by atoms with Crippen LogP contribution in [0.5, 0.6) is 0 Å². The number of amides is 2. The van der Waals surface area contributed by atoms with Crippen molar-refractivity contribution >= 4 is 28.9 Å². The lowest BCUT2D eigenvalue weighted by atomic mass is 10.2. The Balaban J connectivity index is 1.77. The first-order chi connectivity index (χ1) is 11.0. The maximum Gasteiger partial charge on any atom is 0.226 e. The van der Waals surface area contributed by atoms with E-state index < -0.39 is 0 Å². The van der Waals surface area contributed by atoms with Crippen molar-refractivity contribution in [3.8, 4) is 0 Å². The topological polar surface area (TPSA) is 70.2 Å². The summed E-state index contributed by atoms with van der Waals surface area (Å²) >= 11 is 0. The first-order valence-electron chi connectivity index (χ1n) is 7.20. The number of anilines is 3. The first kappa shape index (κ1) is 16.5. The predicted molar refractivity (Wildman–Crippen MR) is 88.9 cm³/mol. The number of nitrogens with one attached hydrogen (secondary N) is 3. The van der Waals surface area contributed by atoms with Gasteiger partial charge in [-0.25, -0.2) is 4.39 Å². The zero-order valence-electron chi connectivity index (χ0n) is 12.7. The molecule has 0 aliphatic carbocycles. The summed E-state index contributed by atoms with van der Waals surface area (Å²) in [4.78, 5) is 22.8. The number of rotatable bonds is 6. The van der Waals surface area contributed by atoms with Gasteiger partial charge in [0, 0.05) is 37.0 Å². The number of halogens is 1. The van der Waals surface area contributed by atoms with Gasteiger partial charge in [0.05, 0.1) is 0 Å². The lowest BCUT2D eigenvalue weighted by molar-refractivity contribution is -0.116. The molecule has 0 spiro atoms. The van der Waals surface area contributed by atoms with Gasteiger partial charge in [0.1, 0.15) is 5.82 Å². The maximum absolute atomic E-state index is 13.0. The zero-order chi connectivity index (χ0) is 16.7. The largest absolute Gasteiger partial charge is 0.384 e. The van der Waals surface area contributed by atoms with Crippen molar-refractivity contribution in [1.29, 1.82) is 0 Å². The molecule has 0 atom stereocenters. The number of benzene rings is 2. The summed E-state index contributed by atoms with van der Waals surface area (Å²) < 4.78 is 13.0. The fourth-order valence-electron chi connectivity index (χ4n) is 1.98. The van der Waals surface area contributed by atoms with Gasteiger partial charge in [-0.2, -0.15) is 0 Å². The molecule has 0 aliphatic heterocycles. The molecule has 0 radical (unpaired) electrons. The predicted octanol–water partition coefficient (Wildman–Crippen LogP) is 3.22. The van der Waals surface area contributed by atoms with E-state index in [1.807, 2.05) is 0 Å². The van der Waals surface area contributed by atoms with Crippen LogP contribution in [0.4, 0.5) is 21.5 Å². The summed E-state index contributed by atoms with van der Waals surface area (Å²) in [5.41, 5.74) is 1.95. The molecule has 0 fully saturated rings. The second kappa shape index (κ2) is 7.93. The van der Waals surface area contributed by atoms with Crippen molar-refractivity contribution < 1.29 is 14.0 Å². The molecule has 0 saturated carbocycles. The van der Waals surface area contributed by atoms with Gasteiger partial charge in [-0.1, -0.05) is 6.07 Å². The molecule has 6 heteroatoms. The summed E-state index contributed by atoms with van der Waals surface area (Å²) in [7, 11) is 0. The molecular weight excluding hydrogens is 297 g/mol. The third-order valence-corrected chi connectivity index (χ3v) is 2.99. The highest BCUT2D eigenvalue weighted by atomic mass is 19.1. The lowest BCUT2D eigenvalue weighted by Gasteiger charge is -2.08. The molecule has 2 rings (SSSR count). The van der Waals surface area contributed by atoms with E-state index in [2.05, 4.69) is 16.0 Å². The Kier molecular flexibility index (Phi) is 5.68. The Morgan fingerprint density at radius 1 is 0.957 bits per heavy atom. The molecule has 2 aromatic carbocycles. The van der Waals surface area contributed by atoms with E-state index in [0.29, 0.717) is 23.6 Å². The summed E-state index contributed by atoms with van der Waals surface area (Å²) in [6.45, 7) is 1.83. The molecule has 0 aromatic heterocycles. The van der Waals surface area contributed by atoms with Crippen molar-refractivity contribution in [3.63, 3.8) is 0 Å². The first-order valence-corrected chi connectivity index (χ1v) is 7.20. The van der Waals surface area contributed by atoms with Crippen LogP contribution < -0.4 is 16.0 Å². The van der Waals surface area contributed by atoms with Gasteiger partial charge in [0.15, 0.2) is 0 Å². The quantitative estimate of drug-likeness (QED) is 0.766. The highest BCUT2D eigenvalue weighted by Crippen LogP contribution is 2.14. The van der Waals surface area contributed by atoms with Gasteiger partial charge >= 0.3 is 0 Å². The zero-order valence-corrected chi connectivity index (χ0v) is 12.7. The van der Waals surface area contributed by atoms with E-state index in [1.165, 1.54) is 19.1 Å². The van der Waals surface area contributed by atoms with Crippen molar-refractivity contribution in [2.75, 3.05) is 22.5 Å². The van der Waals surface area contributed by atoms with Crippen LogP contribution in [0.1, 0.15) is 13.3 Å². The highest BCUT2D eigenvalue weighted by Gasteiger charge is 2.03. The van der Waals surface area contributed by atoms with E-state index in [-0.39, 0.29) is 24.1 Å². The van der Waals surface area contributed by atoms with Crippen molar-refractivity contribution in [3.05, 3.63) is 54.3 Å². The van der Waals surface area contributed by atoms with Gasteiger partial charge in [0.25, 0.3) is 0 Å². The second-order valence-electron chi connectivity index (χ2n) is 4.99. The van der Waals surface area contributed by atoms with Crippen molar-refractivity contribution in [2.24, 2.45) is 0 Å². The molecule has 0 heterocycles. The monoisotopic (exact) mass is 315 g/mol. The van der Waals surface area contributed by atoms with Crippen LogP contribution in [-0.4, -0.2) is 18.4 Å². The van der Waals surface area contributed by atoms with Crippen LogP contribution >= 0.6 is 0 Å². The molecule has 2 aromatic rings. The molecule has 23 heavy (non-hydrogen) atoms. The Bertz CT molecular complexity index is 686. The SMILES string of the molecule is CC(=O)Nc1ccc(NC(=O)CCNc2cccc(F)c2)cc1. The lowest BCUT2D eigenvalue weighted by Crippen LogP contribution is -2.16. The van der Waals surface area contributed by atoms with E-state index in [0.717, 1.165) is 0 Å². The number of hydrogen-bond acceptors (Lipinski definition) is 3. The summed E-state index contributed by atoms with van der Waals surface area (Å²) in [5, 5.41) is 8.39. The minimum atomic E-state index is -0.321. The highest BCUT2D eigenvalue weighted by molar-refractivity contribution is 5.92. The summed E-state index contributed by atoms with van der Waals surface area (Å²) in [5.74, 6) is -0.620. The number of carbonyl (C=O) groups is 2. The Hall–Kier alpha value is -2.89. The minimum absolute atomic E-state index is 0.148. The molecule has 0 aliphatic rings. The molecule has 0 saturated heterocycles. The van der Waals surface area contributed by atoms with Gasteiger partial charge in [-0.05, 0) is 42.5 Å². The minimum Gasteiger partial charge on any atom is -0.384 e. The van der Waals surface area contributed by atoms with Gasteiger partial charge in [-0.15, -0.1) is 0 Å². The smallest absolute Gasteiger partial charge is 0.226 e. The van der Waals surface area contributed by atoms with Crippen molar-refractivity contribution in [1.82, 2.24) is 0 Å². The van der Waals surface area contributed by atoms with Gasteiger partial charge in [0.2, 0.25) is 11.8 Å². The normalized spacial score (nSPS) is 10.0. The van der Waals surface area contributed by atoms with E-state index in [4.69, 9.17) is 0 Å². The van der Waals surface area contributed by atoms with Crippen LogP contribution in [-0.2, 0) is 9.59 Å². The molecule has 120 valence electrons. The van der Waals surface area contributed by atoms with E-state index in [9.17, 15) is 14.0 Å². The van der Waals surface area contributed by atoms with Gasteiger partial charge in [-0.3, -0.25) is 9.59 Å². The van der Waals surface area contributed by atoms with Crippen molar-refractivity contribution in [2.45, 2.75) is 13.3 Å². The van der Waals surface area contributed by atoms with E-state index in [1.54, 1.807) is 36.4 Å². The fourth-order valence-corrected chi connectivity index (χ4v) is 1.98. The average Bonchev–Trinajstić information content (AvgIpc) is 2.49. The number of hydrogen-bond donors (Lipinski definition) is 3. The standard InChI is InChI=1S/C17H18FN3O2/c1-12(22)20-14-5-7-15(8-6-14)21-17(23)9-10-19-16-4-2-3-13(18)11-16/h2-8,11,19H,9-10H2,1H3,(H,20,22)(H,21,23). The average molecular weight is 315 g/mol. The van der Waals surface area contributed by atoms with Crippen LogP contribution in [0.15, 0.2) is 48.5 Å². The molecule has 2 amide bonds. The third kappa shape index (κ3) is 5.78. The fraction of sp³-hybridized carbons (Fsp3) is 0.176. The van der Waals surface area contributed by atoms with Gasteiger partial charge < -0.3 is 16.0 Å². The summed E-state index contributed by atoms with van der Waals surface area (Å²) in [6, 6.07) is 12.9. The van der Waals surface area contributed by atoms with Crippen LogP contribution in [0.2, 0.25) is 0 Å². The summed E-state index contributed by atoms with van der Waals surface area (Å²) in [6.07, 6.45) is 0.254. The molecule has 0 bridgehead atoms. The Morgan fingerprint density at radius 3 is 2.22 bits per heavy atom. The molecular formula is C17H18FN3O2. The third-order valence-electron chi connectivity index (χ3n) is 2.99. The van der Waals surface area contributed by atoms with Crippen LogP contribution in [0, 0.1) is 5.82 Å².